The van der Waals surface area contributed by atoms with E-state index in [-0.39, 0.29) is 30.7 Å². The number of hydrogen-bond acceptors (Lipinski definition) is 5. The molecule has 0 atom stereocenters. The molecule has 2 amide bonds. The number of piperidine rings is 1. The van der Waals surface area contributed by atoms with Crippen LogP contribution in [-0.2, 0) is 19.1 Å². The summed E-state index contributed by atoms with van der Waals surface area (Å²) >= 11 is 0. The molecule has 0 bridgehead atoms. The number of hydrogen-bond donors (Lipinski definition) is 1. The van der Waals surface area contributed by atoms with Crippen LogP contribution < -0.4 is 5.32 Å². The van der Waals surface area contributed by atoms with Crippen LogP contribution in [0.2, 0.25) is 0 Å². The van der Waals surface area contributed by atoms with Crippen molar-refractivity contribution in [2.45, 2.75) is 69.2 Å². The number of carbonyl (C=O) groups is 2. The van der Waals surface area contributed by atoms with Crippen LogP contribution >= 0.6 is 0 Å². The van der Waals surface area contributed by atoms with Gasteiger partial charge in [-0.05, 0) is 31.7 Å². The maximum atomic E-state index is 12.4. The fourth-order valence-corrected chi connectivity index (χ4v) is 4.54. The molecule has 8 heteroatoms. The van der Waals surface area contributed by atoms with E-state index in [0.717, 1.165) is 25.7 Å². The molecule has 1 N–H and O–H groups in total. The first-order valence-corrected chi connectivity index (χ1v) is 10.5. The van der Waals surface area contributed by atoms with Crippen molar-refractivity contribution < 1.29 is 19.1 Å². The number of rotatable bonds is 5. The van der Waals surface area contributed by atoms with Crippen LogP contribution in [0.3, 0.4) is 0 Å². The standard InChI is InChI=1S/C20H30N4O4/c25-18(22-16-2-4-17(5-3-16)24-11-1-10-21-24)6-7-19(26)23-12-8-20(9-13-23)27-14-15-28-20/h1,10-11,16-17H,2-9,12-15H2,(H,22,25). The number of amides is 2. The average molecular weight is 390 g/mol. The minimum atomic E-state index is -0.469. The van der Waals surface area contributed by atoms with E-state index in [1.807, 2.05) is 21.8 Å². The second-order valence-corrected chi connectivity index (χ2v) is 8.05. The summed E-state index contributed by atoms with van der Waals surface area (Å²) in [5.41, 5.74) is 0. The largest absolute Gasteiger partial charge is 0.353 e. The van der Waals surface area contributed by atoms with Gasteiger partial charge in [0.25, 0.3) is 0 Å². The Bertz CT molecular complexity index is 654. The summed E-state index contributed by atoms with van der Waals surface area (Å²) in [4.78, 5) is 26.5. The minimum absolute atomic E-state index is 0.0215. The van der Waals surface area contributed by atoms with Gasteiger partial charge in [0.15, 0.2) is 5.79 Å². The van der Waals surface area contributed by atoms with E-state index >= 15 is 0 Å². The predicted molar refractivity (Wildman–Crippen MR) is 101 cm³/mol. The van der Waals surface area contributed by atoms with E-state index in [9.17, 15) is 9.59 Å². The van der Waals surface area contributed by atoms with E-state index in [1.54, 1.807) is 6.20 Å². The molecule has 0 radical (unpaired) electrons. The van der Waals surface area contributed by atoms with E-state index in [4.69, 9.17) is 9.47 Å². The molecule has 28 heavy (non-hydrogen) atoms. The summed E-state index contributed by atoms with van der Waals surface area (Å²) < 4.78 is 13.4. The molecule has 3 aliphatic rings. The van der Waals surface area contributed by atoms with Crippen LogP contribution in [0.25, 0.3) is 0 Å². The SMILES string of the molecule is O=C(CCC(=O)N1CCC2(CC1)OCCO2)NC1CCC(n2cccn2)CC1. The van der Waals surface area contributed by atoms with Crippen molar-refractivity contribution in [1.29, 1.82) is 0 Å². The Morgan fingerprint density at radius 3 is 2.43 bits per heavy atom. The molecule has 0 unspecified atom stereocenters. The zero-order chi connectivity index (χ0) is 19.4. The van der Waals surface area contributed by atoms with Crippen molar-refractivity contribution in [2.75, 3.05) is 26.3 Å². The monoisotopic (exact) mass is 390 g/mol. The zero-order valence-corrected chi connectivity index (χ0v) is 16.3. The molecule has 2 aliphatic heterocycles. The van der Waals surface area contributed by atoms with Gasteiger partial charge in [-0.25, -0.2) is 0 Å². The molecular weight excluding hydrogens is 360 g/mol. The van der Waals surface area contributed by atoms with E-state index < -0.39 is 5.79 Å². The van der Waals surface area contributed by atoms with Gasteiger partial charge >= 0.3 is 0 Å². The highest BCUT2D eigenvalue weighted by atomic mass is 16.7. The van der Waals surface area contributed by atoms with E-state index in [1.165, 1.54) is 0 Å². The topological polar surface area (TPSA) is 85.7 Å². The molecular formula is C20H30N4O4. The lowest BCUT2D eigenvalue weighted by molar-refractivity contribution is -0.187. The Labute approximate surface area is 165 Å². The van der Waals surface area contributed by atoms with Crippen molar-refractivity contribution in [3.05, 3.63) is 18.5 Å². The number of carbonyl (C=O) groups excluding carboxylic acids is 2. The minimum Gasteiger partial charge on any atom is -0.353 e. The normalized spacial score (nSPS) is 27.1. The third-order valence-electron chi connectivity index (χ3n) is 6.22. The van der Waals surface area contributed by atoms with Crippen LogP contribution in [0, 0.1) is 0 Å². The molecule has 1 saturated carbocycles. The van der Waals surface area contributed by atoms with Crippen LogP contribution in [0.5, 0.6) is 0 Å². The first kappa shape index (κ1) is 19.4. The van der Waals surface area contributed by atoms with Gasteiger partial charge in [-0.3, -0.25) is 14.3 Å². The molecule has 154 valence electrons. The summed E-state index contributed by atoms with van der Waals surface area (Å²) in [6, 6.07) is 2.58. The molecule has 4 rings (SSSR count). The summed E-state index contributed by atoms with van der Waals surface area (Å²) in [5, 5.41) is 7.42. The number of nitrogens with one attached hydrogen (secondary N) is 1. The maximum Gasteiger partial charge on any atom is 0.223 e. The van der Waals surface area contributed by atoms with Crippen molar-refractivity contribution >= 4 is 11.8 Å². The van der Waals surface area contributed by atoms with Crippen molar-refractivity contribution in [3.63, 3.8) is 0 Å². The highest BCUT2D eigenvalue weighted by molar-refractivity contribution is 5.84. The van der Waals surface area contributed by atoms with Crippen molar-refractivity contribution in [2.24, 2.45) is 0 Å². The molecule has 1 aliphatic carbocycles. The number of likely N-dealkylation sites (tertiary alicyclic amines) is 1. The Kier molecular flexibility index (Phi) is 5.96. The summed E-state index contributed by atoms with van der Waals surface area (Å²) in [6.45, 7) is 2.55. The van der Waals surface area contributed by atoms with Crippen LogP contribution in [0.15, 0.2) is 18.5 Å². The average Bonchev–Trinajstić information content (AvgIpc) is 3.40. The maximum absolute atomic E-state index is 12.4. The quantitative estimate of drug-likeness (QED) is 0.826. The Morgan fingerprint density at radius 2 is 1.79 bits per heavy atom. The van der Waals surface area contributed by atoms with Gasteiger partial charge in [-0.2, -0.15) is 5.10 Å². The molecule has 8 nitrogen and oxygen atoms in total. The summed E-state index contributed by atoms with van der Waals surface area (Å²) in [5.74, 6) is -0.444. The van der Waals surface area contributed by atoms with Crippen LogP contribution in [0.1, 0.15) is 57.4 Å². The van der Waals surface area contributed by atoms with Gasteiger partial charge in [0, 0.05) is 57.2 Å². The van der Waals surface area contributed by atoms with Gasteiger partial charge < -0.3 is 19.7 Å². The van der Waals surface area contributed by atoms with Gasteiger partial charge in [-0.15, -0.1) is 0 Å². The van der Waals surface area contributed by atoms with E-state index in [2.05, 4.69) is 10.4 Å². The lowest BCUT2D eigenvalue weighted by atomic mass is 9.91. The summed E-state index contributed by atoms with van der Waals surface area (Å²) in [6.07, 6.45) is 9.71. The zero-order valence-electron chi connectivity index (χ0n) is 16.3. The first-order chi connectivity index (χ1) is 13.6. The lowest BCUT2D eigenvalue weighted by Crippen LogP contribution is -2.47. The second-order valence-electron chi connectivity index (χ2n) is 8.05. The Morgan fingerprint density at radius 1 is 1.07 bits per heavy atom. The Hall–Kier alpha value is -1.93. The first-order valence-electron chi connectivity index (χ1n) is 10.5. The highest BCUT2D eigenvalue weighted by Crippen LogP contribution is 2.31. The molecule has 3 heterocycles. The number of nitrogens with zero attached hydrogens (tertiary/aromatic N) is 3. The highest BCUT2D eigenvalue weighted by Gasteiger charge is 2.40. The van der Waals surface area contributed by atoms with Gasteiger partial charge in [0.2, 0.25) is 11.8 Å². The smallest absolute Gasteiger partial charge is 0.223 e. The molecule has 2 saturated heterocycles. The van der Waals surface area contributed by atoms with Crippen LogP contribution in [0.4, 0.5) is 0 Å². The predicted octanol–water partition coefficient (Wildman–Crippen LogP) is 1.63. The van der Waals surface area contributed by atoms with Crippen molar-refractivity contribution in [3.8, 4) is 0 Å². The van der Waals surface area contributed by atoms with Gasteiger partial charge in [0.1, 0.15) is 0 Å². The molecule has 1 aromatic heterocycles. The Balaban J connectivity index is 1.13. The molecule has 3 fully saturated rings. The molecule has 1 aromatic rings. The third-order valence-corrected chi connectivity index (χ3v) is 6.22. The number of ether oxygens (including phenoxy) is 2. The van der Waals surface area contributed by atoms with Crippen molar-refractivity contribution in [1.82, 2.24) is 20.0 Å². The molecule has 1 spiro atoms. The fourth-order valence-electron chi connectivity index (χ4n) is 4.54. The molecule has 0 aromatic carbocycles. The van der Waals surface area contributed by atoms with E-state index in [0.29, 0.717) is 45.2 Å². The third kappa shape index (κ3) is 4.55. The lowest BCUT2D eigenvalue weighted by Gasteiger charge is -2.37. The second kappa shape index (κ2) is 8.61. The van der Waals surface area contributed by atoms with Crippen LogP contribution in [-0.4, -0.2) is 64.6 Å². The number of aromatic nitrogens is 2. The summed E-state index contributed by atoms with van der Waals surface area (Å²) in [7, 11) is 0. The van der Waals surface area contributed by atoms with Gasteiger partial charge in [-0.1, -0.05) is 0 Å². The van der Waals surface area contributed by atoms with Gasteiger partial charge in [0.05, 0.1) is 19.3 Å². The fraction of sp³-hybridized carbons (Fsp3) is 0.750.